The standard InChI is InChI=1S/C18H23N5O/c1-4-16-20-7-9-23(16)17-11-19-10-15(21-17)14-6-5-8-22(12-14)18(24)13(2)3/h7,9-11,14H,2,4-6,8,12H2,1,3H3. The Morgan fingerprint density at radius 1 is 1.42 bits per heavy atom. The molecule has 1 unspecified atom stereocenters. The van der Waals surface area contributed by atoms with Crippen LogP contribution in [0.25, 0.3) is 5.82 Å². The van der Waals surface area contributed by atoms with Crippen molar-refractivity contribution in [3.05, 3.63) is 48.5 Å². The third-order valence-electron chi connectivity index (χ3n) is 4.41. The molecule has 6 heteroatoms. The fourth-order valence-corrected chi connectivity index (χ4v) is 3.16. The van der Waals surface area contributed by atoms with Crippen molar-refractivity contribution in [1.82, 2.24) is 24.4 Å². The third kappa shape index (κ3) is 3.22. The number of rotatable bonds is 4. The number of carbonyl (C=O) groups excluding carboxylic acids is 1. The summed E-state index contributed by atoms with van der Waals surface area (Å²) in [4.78, 5) is 27.6. The average molecular weight is 325 g/mol. The van der Waals surface area contributed by atoms with E-state index in [1.807, 2.05) is 21.9 Å². The van der Waals surface area contributed by atoms with Crippen LogP contribution in [-0.4, -0.2) is 43.4 Å². The van der Waals surface area contributed by atoms with Crippen LogP contribution in [0.4, 0.5) is 0 Å². The van der Waals surface area contributed by atoms with Crippen LogP contribution in [0.1, 0.15) is 44.1 Å². The second-order valence-electron chi connectivity index (χ2n) is 6.24. The molecule has 0 saturated carbocycles. The fraction of sp³-hybridized carbons (Fsp3) is 0.444. The van der Waals surface area contributed by atoms with Gasteiger partial charge in [-0.3, -0.25) is 14.3 Å². The lowest BCUT2D eigenvalue weighted by molar-refractivity contribution is -0.128. The van der Waals surface area contributed by atoms with Gasteiger partial charge in [0.05, 0.1) is 11.9 Å². The van der Waals surface area contributed by atoms with Gasteiger partial charge in [0.2, 0.25) is 5.91 Å². The van der Waals surface area contributed by atoms with E-state index in [1.165, 1.54) is 0 Å². The van der Waals surface area contributed by atoms with E-state index in [0.29, 0.717) is 12.1 Å². The van der Waals surface area contributed by atoms with E-state index in [-0.39, 0.29) is 11.8 Å². The number of carbonyl (C=O) groups is 1. The maximum Gasteiger partial charge on any atom is 0.248 e. The number of aryl methyl sites for hydroxylation is 1. The Balaban J connectivity index is 1.83. The molecule has 2 aromatic heterocycles. The van der Waals surface area contributed by atoms with Crippen molar-refractivity contribution >= 4 is 5.91 Å². The summed E-state index contributed by atoms with van der Waals surface area (Å²) < 4.78 is 1.97. The monoisotopic (exact) mass is 325 g/mol. The largest absolute Gasteiger partial charge is 0.338 e. The first-order valence-corrected chi connectivity index (χ1v) is 8.39. The predicted molar refractivity (Wildman–Crippen MR) is 91.9 cm³/mol. The fourth-order valence-electron chi connectivity index (χ4n) is 3.16. The van der Waals surface area contributed by atoms with Crippen LogP contribution in [0, 0.1) is 0 Å². The summed E-state index contributed by atoms with van der Waals surface area (Å²) in [7, 11) is 0. The van der Waals surface area contributed by atoms with Crippen LogP contribution in [-0.2, 0) is 11.2 Å². The molecule has 126 valence electrons. The Morgan fingerprint density at radius 2 is 2.25 bits per heavy atom. The van der Waals surface area contributed by atoms with Crippen molar-refractivity contribution in [3.8, 4) is 5.82 Å². The van der Waals surface area contributed by atoms with E-state index in [0.717, 1.165) is 43.1 Å². The van der Waals surface area contributed by atoms with E-state index >= 15 is 0 Å². The molecule has 0 bridgehead atoms. The first kappa shape index (κ1) is 16.4. The molecule has 0 radical (unpaired) electrons. The van der Waals surface area contributed by atoms with Gasteiger partial charge in [-0.25, -0.2) is 9.97 Å². The first-order valence-electron chi connectivity index (χ1n) is 8.39. The van der Waals surface area contributed by atoms with Gasteiger partial charge in [-0.2, -0.15) is 0 Å². The van der Waals surface area contributed by atoms with Gasteiger partial charge in [0.25, 0.3) is 0 Å². The molecular formula is C18H23N5O. The molecule has 0 spiro atoms. The maximum atomic E-state index is 12.2. The zero-order chi connectivity index (χ0) is 17.1. The van der Waals surface area contributed by atoms with E-state index in [9.17, 15) is 4.79 Å². The van der Waals surface area contributed by atoms with E-state index in [1.54, 1.807) is 19.3 Å². The minimum Gasteiger partial charge on any atom is -0.338 e. The Kier molecular flexibility index (Phi) is 4.74. The van der Waals surface area contributed by atoms with Crippen molar-refractivity contribution in [1.29, 1.82) is 0 Å². The predicted octanol–water partition coefficient (Wildman–Crippen LogP) is 2.51. The highest BCUT2D eigenvalue weighted by Gasteiger charge is 2.26. The highest BCUT2D eigenvalue weighted by molar-refractivity contribution is 5.92. The lowest BCUT2D eigenvalue weighted by Gasteiger charge is -2.32. The SMILES string of the molecule is C=C(C)C(=O)N1CCCC(c2cncc(-n3ccnc3CC)n2)C1. The zero-order valence-electron chi connectivity index (χ0n) is 14.3. The molecule has 0 aromatic carbocycles. The molecule has 24 heavy (non-hydrogen) atoms. The van der Waals surface area contributed by atoms with Gasteiger partial charge < -0.3 is 4.90 Å². The Morgan fingerprint density at radius 3 is 3.00 bits per heavy atom. The van der Waals surface area contributed by atoms with Gasteiger partial charge in [-0.1, -0.05) is 13.5 Å². The summed E-state index contributed by atoms with van der Waals surface area (Å²) in [6.07, 6.45) is 10.1. The third-order valence-corrected chi connectivity index (χ3v) is 4.41. The molecule has 1 amide bonds. The lowest BCUT2D eigenvalue weighted by atomic mass is 9.94. The summed E-state index contributed by atoms with van der Waals surface area (Å²) >= 11 is 0. The van der Waals surface area contributed by atoms with Gasteiger partial charge in [0, 0.05) is 49.6 Å². The van der Waals surface area contributed by atoms with Gasteiger partial charge in [0.1, 0.15) is 5.82 Å². The number of amides is 1. The number of hydrogen-bond acceptors (Lipinski definition) is 4. The molecule has 2 aromatic rings. The summed E-state index contributed by atoms with van der Waals surface area (Å²) in [5, 5.41) is 0. The van der Waals surface area contributed by atoms with Crippen LogP contribution in [0.15, 0.2) is 36.9 Å². The van der Waals surface area contributed by atoms with Gasteiger partial charge in [-0.05, 0) is 19.8 Å². The maximum absolute atomic E-state index is 12.2. The molecule has 3 heterocycles. The van der Waals surface area contributed by atoms with Crippen molar-refractivity contribution in [3.63, 3.8) is 0 Å². The second kappa shape index (κ2) is 6.95. The van der Waals surface area contributed by atoms with Crippen LogP contribution in [0.2, 0.25) is 0 Å². The molecule has 1 atom stereocenters. The van der Waals surface area contributed by atoms with Crippen LogP contribution < -0.4 is 0 Å². The van der Waals surface area contributed by atoms with Crippen LogP contribution in [0.5, 0.6) is 0 Å². The van der Waals surface area contributed by atoms with E-state index in [4.69, 9.17) is 4.98 Å². The summed E-state index contributed by atoms with van der Waals surface area (Å²) in [5.74, 6) is 1.99. The zero-order valence-corrected chi connectivity index (χ0v) is 14.3. The molecule has 1 aliphatic heterocycles. The Hall–Kier alpha value is -2.50. The highest BCUT2D eigenvalue weighted by Crippen LogP contribution is 2.26. The van der Waals surface area contributed by atoms with Crippen molar-refractivity contribution in [2.45, 2.75) is 39.0 Å². The van der Waals surface area contributed by atoms with Gasteiger partial charge >= 0.3 is 0 Å². The minimum absolute atomic E-state index is 0.0340. The van der Waals surface area contributed by atoms with Gasteiger partial charge in [-0.15, -0.1) is 0 Å². The number of piperidine rings is 1. The highest BCUT2D eigenvalue weighted by atomic mass is 16.2. The summed E-state index contributed by atoms with van der Waals surface area (Å²) in [5.41, 5.74) is 1.52. The minimum atomic E-state index is 0.0340. The Bertz CT molecular complexity index is 751. The van der Waals surface area contributed by atoms with Crippen LogP contribution in [0.3, 0.4) is 0 Å². The topological polar surface area (TPSA) is 63.9 Å². The molecule has 1 fully saturated rings. The Labute approximate surface area is 142 Å². The molecule has 1 aliphatic rings. The van der Waals surface area contributed by atoms with Crippen molar-refractivity contribution < 1.29 is 4.79 Å². The normalized spacial score (nSPS) is 17.8. The smallest absolute Gasteiger partial charge is 0.248 e. The molecule has 0 N–H and O–H groups in total. The van der Waals surface area contributed by atoms with E-state index < -0.39 is 0 Å². The number of aromatic nitrogens is 4. The van der Waals surface area contributed by atoms with E-state index in [2.05, 4.69) is 23.5 Å². The second-order valence-corrected chi connectivity index (χ2v) is 6.24. The lowest BCUT2D eigenvalue weighted by Crippen LogP contribution is -2.39. The number of imidazole rings is 1. The molecule has 6 nitrogen and oxygen atoms in total. The molecule has 1 saturated heterocycles. The average Bonchev–Trinajstić information content (AvgIpc) is 3.10. The number of likely N-dealkylation sites (tertiary alicyclic amines) is 1. The first-order chi connectivity index (χ1) is 11.6. The van der Waals surface area contributed by atoms with Gasteiger partial charge in [0.15, 0.2) is 5.82 Å². The number of hydrogen-bond donors (Lipinski definition) is 0. The summed E-state index contributed by atoms with van der Waals surface area (Å²) in [6.45, 7) is 9.06. The molecule has 0 aliphatic carbocycles. The number of nitrogens with zero attached hydrogens (tertiary/aromatic N) is 5. The van der Waals surface area contributed by atoms with Crippen molar-refractivity contribution in [2.24, 2.45) is 0 Å². The van der Waals surface area contributed by atoms with Crippen molar-refractivity contribution in [2.75, 3.05) is 13.1 Å². The quantitative estimate of drug-likeness (QED) is 0.810. The molecular weight excluding hydrogens is 302 g/mol. The molecule has 3 rings (SSSR count). The summed E-state index contributed by atoms with van der Waals surface area (Å²) in [6, 6.07) is 0. The van der Waals surface area contributed by atoms with Crippen LogP contribution >= 0.6 is 0 Å².